The number of benzene rings is 1. The Hall–Kier alpha value is -2.75. The lowest BCUT2D eigenvalue weighted by molar-refractivity contribution is -0.136. The van der Waals surface area contributed by atoms with Crippen LogP contribution in [-0.2, 0) is 16.1 Å². The molecule has 1 N–H and O–H groups in total. The Kier molecular flexibility index (Phi) is 5.59. The number of carbonyl (C=O) groups excluding carboxylic acids is 3. The zero-order valence-electron chi connectivity index (χ0n) is 16.7. The zero-order chi connectivity index (χ0) is 21.3. The van der Waals surface area contributed by atoms with Gasteiger partial charge in [0.15, 0.2) is 0 Å². The van der Waals surface area contributed by atoms with Gasteiger partial charge in [-0.15, -0.1) is 5.10 Å². The van der Waals surface area contributed by atoms with E-state index in [1.807, 2.05) is 24.3 Å². The average molecular weight is 475 g/mol. The van der Waals surface area contributed by atoms with Crippen molar-refractivity contribution in [3.8, 4) is 0 Å². The lowest BCUT2D eigenvalue weighted by Gasteiger charge is -2.35. The van der Waals surface area contributed by atoms with Crippen LogP contribution in [0.3, 0.4) is 0 Å². The first-order chi connectivity index (χ1) is 14.4. The Morgan fingerprint density at radius 2 is 1.87 bits per heavy atom. The van der Waals surface area contributed by atoms with Crippen LogP contribution in [0.25, 0.3) is 0 Å². The van der Waals surface area contributed by atoms with Crippen molar-refractivity contribution in [3.05, 3.63) is 40.6 Å². The largest absolute Gasteiger partial charge is 0.327 e. The van der Waals surface area contributed by atoms with Crippen molar-refractivity contribution in [2.75, 3.05) is 18.9 Å². The first kappa shape index (κ1) is 20.5. The summed E-state index contributed by atoms with van der Waals surface area (Å²) >= 11 is 3.40. The van der Waals surface area contributed by atoms with Crippen molar-refractivity contribution in [1.29, 1.82) is 0 Å². The highest BCUT2D eigenvalue weighted by molar-refractivity contribution is 9.10. The molecule has 158 valence electrons. The first-order valence-electron chi connectivity index (χ1n) is 9.92. The minimum atomic E-state index is -0.792. The predicted molar refractivity (Wildman–Crippen MR) is 113 cm³/mol. The van der Waals surface area contributed by atoms with E-state index in [0.717, 1.165) is 34.2 Å². The lowest BCUT2D eigenvalue weighted by atomic mass is 9.81. The Morgan fingerprint density at radius 3 is 2.57 bits per heavy atom. The van der Waals surface area contributed by atoms with E-state index in [-0.39, 0.29) is 18.4 Å². The molecule has 1 aromatic carbocycles. The van der Waals surface area contributed by atoms with E-state index >= 15 is 0 Å². The molecule has 2 heterocycles. The molecule has 0 radical (unpaired) electrons. The Bertz CT molecular complexity index is 967. The van der Waals surface area contributed by atoms with E-state index in [1.165, 1.54) is 11.2 Å². The van der Waals surface area contributed by atoms with E-state index in [1.54, 1.807) is 11.7 Å². The molecule has 0 atom stereocenters. The molecule has 30 heavy (non-hydrogen) atoms. The van der Waals surface area contributed by atoms with E-state index in [4.69, 9.17) is 0 Å². The van der Waals surface area contributed by atoms with E-state index < -0.39 is 17.5 Å². The van der Waals surface area contributed by atoms with Gasteiger partial charge in [0.1, 0.15) is 18.4 Å². The van der Waals surface area contributed by atoms with Crippen LogP contribution in [0.1, 0.15) is 37.7 Å². The average Bonchev–Trinajstić information content (AvgIpc) is 3.24. The van der Waals surface area contributed by atoms with Gasteiger partial charge in [0.05, 0.1) is 6.54 Å². The maximum atomic E-state index is 13.0. The number of carbonyl (C=O) groups is 3. The van der Waals surface area contributed by atoms with Gasteiger partial charge in [-0.2, -0.15) is 0 Å². The van der Waals surface area contributed by atoms with Gasteiger partial charge in [-0.1, -0.05) is 47.3 Å². The van der Waals surface area contributed by atoms with E-state index in [2.05, 4.69) is 31.3 Å². The third kappa shape index (κ3) is 3.83. The monoisotopic (exact) mass is 474 g/mol. The molecule has 4 rings (SSSR count). The van der Waals surface area contributed by atoms with Crippen molar-refractivity contribution < 1.29 is 14.4 Å². The second-order valence-electron chi connectivity index (χ2n) is 7.77. The molecule has 2 aromatic rings. The molecule has 4 amide bonds. The number of rotatable bonds is 5. The van der Waals surface area contributed by atoms with Crippen LogP contribution in [0.4, 0.5) is 10.7 Å². The van der Waals surface area contributed by atoms with Crippen LogP contribution in [0, 0.1) is 0 Å². The Labute approximate surface area is 182 Å². The van der Waals surface area contributed by atoms with Crippen LogP contribution in [-0.4, -0.2) is 61.5 Å². The highest BCUT2D eigenvalue weighted by Crippen LogP contribution is 2.39. The van der Waals surface area contributed by atoms with Gasteiger partial charge in [-0.05, 0) is 30.5 Å². The number of anilines is 1. The summed E-state index contributed by atoms with van der Waals surface area (Å²) in [5.41, 5.74) is 0.246. The second kappa shape index (κ2) is 8.17. The van der Waals surface area contributed by atoms with E-state index in [9.17, 15) is 14.4 Å². The standard InChI is InChI=1S/C20H23BrN6O3/c1-25-19(30)27(17(29)20(25)9-3-2-4-10-20)12-16(28)23-18-22-13-26(24-18)11-14-5-7-15(21)8-6-14/h5-8,13H,2-4,9-12H2,1H3,(H,23,24,28). The number of nitrogens with one attached hydrogen (secondary N) is 1. The molecule has 10 heteroatoms. The molecule has 9 nitrogen and oxygen atoms in total. The van der Waals surface area contributed by atoms with E-state index in [0.29, 0.717) is 19.4 Å². The summed E-state index contributed by atoms with van der Waals surface area (Å²) in [6, 6.07) is 7.38. The predicted octanol–water partition coefficient (Wildman–Crippen LogP) is 2.62. The number of hydrogen-bond acceptors (Lipinski definition) is 5. The Balaban J connectivity index is 1.38. The third-order valence-electron chi connectivity index (χ3n) is 5.83. The van der Waals surface area contributed by atoms with Crippen LogP contribution >= 0.6 is 15.9 Å². The summed E-state index contributed by atoms with van der Waals surface area (Å²) in [7, 11) is 1.65. The molecular formula is C20H23BrN6O3. The number of aromatic nitrogens is 3. The fourth-order valence-electron chi connectivity index (χ4n) is 4.18. The molecule has 1 aromatic heterocycles. The number of imide groups is 1. The normalized spacial score (nSPS) is 18.3. The molecule has 1 saturated heterocycles. The van der Waals surface area contributed by atoms with Crippen LogP contribution < -0.4 is 5.32 Å². The van der Waals surface area contributed by atoms with Crippen LogP contribution in [0.2, 0.25) is 0 Å². The third-order valence-corrected chi connectivity index (χ3v) is 6.36. The number of halogens is 1. The molecule has 2 fully saturated rings. The summed E-state index contributed by atoms with van der Waals surface area (Å²) in [6.07, 6.45) is 5.69. The van der Waals surface area contributed by atoms with Gasteiger partial charge in [0.25, 0.3) is 5.91 Å². The summed E-state index contributed by atoms with van der Waals surface area (Å²) in [6.45, 7) is 0.164. The number of urea groups is 1. The quantitative estimate of drug-likeness (QED) is 0.671. The number of nitrogens with zero attached hydrogens (tertiary/aromatic N) is 5. The SMILES string of the molecule is CN1C(=O)N(CC(=O)Nc2ncn(Cc3ccc(Br)cc3)n2)C(=O)C12CCCCC2. The summed E-state index contributed by atoms with van der Waals surface area (Å²) in [5, 5.41) is 6.82. The summed E-state index contributed by atoms with van der Waals surface area (Å²) < 4.78 is 2.60. The Morgan fingerprint density at radius 1 is 1.17 bits per heavy atom. The molecule has 1 aliphatic heterocycles. The number of amides is 4. The molecule has 1 aliphatic carbocycles. The van der Waals surface area contributed by atoms with Crippen molar-refractivity contribution in [2.24, 2.45) is 0 Å². The van der Waals surface area contributed by atoms with Crippen LogP contribution in [0.5, 0.6) is 0 Å². The fourth-order valence-corrected chi connectivity index (χ4v) is 4.45. The van der Waals surface area contributed by atoms with Gasteiger partial charge in [0.2, 0.25) is 11.9 Å². The minimum Gasteiger partial charge on any atom is -0.313 e. The number of likely N-dealkylation sites (N-methyl/N-ethyl adjacent to an activating group) is 1. The van der Waals surface area contributed by atoms with Crippen molar-refractivity contribution in [3.63, 3.8) is 0 Å². The van der Waals surface area contributed by atoms with Gasteiger partial charge >= 0.3 is 6.03 Å². The molecule has 0 bridgehead atoms. The topological polar surface area (TPSA) is 100 Å². The second-order valence-corrected chi connectivity index (χ2v) is 8.68. The van der Waals surface area contributed by atoms with Gasteiger partial charge in [-0.25, -0.2) is 14.5 Å². The van der Waals surface area contributed by atoms with Gasteiger partial charge in [-0.3, -0.25) is 19.8 Å². The smallest absolute Gasteiger partial charge is 0.313 e. The highest BCUT2D eigenvalue weighted by Gasteiger charge is 2.55. The van der Waals surface area contributed by atoms with Gasteiger partial charge < -0.3 is 4.90 Å². The molecular weight excluding hydrogens is 452 g/mol. The summed E-state index contributed by atoms with van der Waals surface area (Å²) in [5.74, 6) is -0.644. The van der Waals surface area contributed by atoms with Crippen LogP contribution in [0.15, 0.2) is 35.1 Å². The van der Waals surface area contributed by atoms with Crippen molar-refractivity contribution in [2.45, 2.75) is 44.2 Å². The first-order valence-corrected chi connectivity index (χ1v) is 10.7. The number of hydrogen-bond donors (Lipinski definition) is 1. The minimum absolute atomic E-state index is 0.136. The highest BCUT2D eigenvalue weighted by atomic mass is 79.9. The van der Waals surface area contributed by atoms with Crippen molar-refractivity contribution >= 4 is 39.7 Å². The maximum absolute atomic E-state index is 13.0. The fraction of sp³-hybridized carbons (Fsp3) is 0.450. The lowest BCUT2D eigenvalue weighted by Crippen LogP contribution is -2.49. The molecule has 1 spiro atoms. The molecule has 1 saturated carbocycles. The molecule has 0 unspecified atom stereocenters. The van der Waals surface area contributed by atoms with Crippen molar-refractivity contribution in [1.82, 2.24) is 24.6 Å². The zero-order valence-corrected chi connectivity index (χ0v) is 18.3. The van der Waals surface area contributed by atoms with Gasteiger partial charge in [0, 0.05) is 11.5 Å². The maximum Gasteiger partial charge on any atom is 0.327 e. The molecule has 2 aliphatic rings. The summed E-state index contributed by atoms with van der Waals surface area (Å²) in [4.78, 5) is 44.7.